The average molecular weight is 307 g/mol. The van der Waals surface area contributed by atoms with Crippen LogP contribution in [0.2, 0.25) is 0 Å². The topological polar surface area (TPSA) is 34.0 Å². The van der Waals surface area contributed by atoms with Crippen LogP contribution in [0.15, 0.2) is 12.3 Å². The van der Waals surface area contributed by atoms with Crippen LogP contribution in [-0.2, 0) is 12.4 Å². The molecule has 0 aliphatic carbocycles. The zero-order valence-electron chi connectivity index (χ0n) is 12.8. The second kappa shape index (κ2) is 6.32. The molecular weight excluding hydrogens is 284 g/mol. The standard InChI is InChI=1S/C16H23ClN4/c1-12-3-7-18-16-15(12)19-14(11-17)21(16)10-6-13-4-8-20(2)9-5-13/h3,7,13H,4-6,8-11H2,1-2H3. The summed E-state index contributed by atoms with van der Waals surface area (Å²) >= 11 is 6.08. The van der Waals surface area contributed by atoms with Crippen LogP contribution in [0.3, 0.4) is 0 Å². The molecule has 3 heterocycles. The van der Waals surface area contributed by atoms with E-state index in [1.165, 1.54) is 37.9 Å². The first-order valence-corrected chi connectivity index (χ1v) is 8.27. The monoisotopic (exact) mass is 306 g/mol. The zero-order chi connectivity index (χ0) is 14.8. The number of aryl methyl sites for hydroxylation is 2. The summed E-state index contributed by atoms with van der Waals surface area (Å²) in [5.74, 6) is 2.21. The Kier molecular flexibility index (Phi) is 4.45. The summed E-state index contributed by atoms with van der Waals surface area (Å²) in [5, 5.41) is 0. The number of nitrogens with zero attached hydrogens (tertiary/aromatic N) is 4. The maximum absolute atomic E-state index is 6.08. The van der Waals surface area contributed by atoms with Crippen LogP contribution in [0.5, 0.6) is 0 Å². The van der Waals surface area contributed by atoms with Gasteiger partial charge in [0.2, 0.25) is 0 Å². The second-order valence-electron chi connectivity index (χ2n) is 6.15. The van der Waals surface area contributed by atoms with Crippen molar-refractivity contribution in [1.82, 2.24) is 19.4 Å². The summed E-state index contributed by atoms with van der Waals surface area (Å²) in [4.78, 5) is 11.6. The van der Waals surface area contributed by atoms with Gasteiger partial charge in [0.15, 0.2) is 5.65 Å². The number of alkyl halides is 1. The number of halogens is 1. The van der Waals surface area contributed by atoms with Gasteiger partial charge in [0.05, 0.1) is 5.88 Å². The fraction of sp³-hybridized carbons (Fsp3) is 0.625. The number of fused-ring (bicyclic) bond motifs is 1. The van der Waals surface area contributed by atoms with E-state index in [0.717, 1.165) is 29.5 Å². The van der Waals surface area contributed by atoms with E-state index < -0.39 is 0 Å². The molecule has 1 aliphatic rings. The fourth-order valence-corrected chi connectivity index (χ4v) is 3.39. The first kappa shape index (κ1) is 14.8. The third-order valence-electron chi connectivity index (χ3n) is 4.63. The summed E-state index contributed by atoms with van der Waals surface area (Å²) in [6, 6.07) is 2.01. The van der Waals surface area contributed by atoms with Crippen LogP contribution in [-0.4, -0.2) is 39.6 Å². The van der Waals surface area contributed by atoms with Crippen molar-refractivity contribution in [1.29, 1.82) is 0 Å². The van der Waals surface area contributed by atoms with E-state index in [-0.39, 0.29) is 0 Å². The van der Waals surface area contributed by atoms with Crippen LogP contribution in [0.25, 0.3) is 11.2 Å². The van der Waals surface area contributed by atoms with Crippen molar-refractivity contribution in [3.05, 3.63) is 23.7 Å². The van der Waals surface area contributed by atoms with Crippen molar-refractivity contribution in [3.63, 3.8) is 0 Å². The molecule has 114 valence electrons. The molecule has 4 nitrogen and oxygen atoms in total. The van der Waals surface area contributed by atoms with E-state index in [1.807, 2.05) is 12.3 Å². The van der Waals surface area contributed by atoms with Gasteiger partial charge in [-0.3, -0.25) is 0 Å². The summed E-state index contributed by atoms with van der Waals surface area (Å²) in [6.07, 6.45) is 5.65. The summed E-state index contributed by atoms with van der Waals surface area (Å²) in [5.41, 5.74) is 3.15. The minimum Gasteiger partial charge on any atom is -0.312 e. The molecule has 0 bridgehead atoms. The molecule has 2 aromatic heterocycles. The smallest absolute Gasteiger partial charge is 0.160 e. The van der Waals surface area contributed by atoms with Gasteiger partial charge >= 0.3 is 0 Å². The van der Waals surface area contributed by atoms with Crippen molar-refractivity contribution in [2.45, 2.75) is 38.6 Å². The van der Waals surface area contributed by atoms with Gasteiger partial charge in [-0.05, 0) is 63.9 Å². The molecule has 1 aliphatic heterocycles. The van der Waals surface area contributed by atoms with Crippen LogP contribution < -0.4 is 0 Å². The molecule has 0 atom stereocenters. The Hall–Kier alpha value is -1.13. The van der Waals surface area contributed by atoms with Crippen molar-refractivity contribution in [2.75, 3.05) is 20.1 Å². The highest BCUT2D eigenvalue weighted by Gasteiger charge is 2.18. The average Bonchev–Trinajstić information content (AvgIpc) is 2.86. The molecule has 0 saturated carbocycles. The summed E-state index contributed by atoms with van der Waals surface area (Å²) in [7, 11) is 2.21. The first-order valence-electron chi connectivity index (χ1n) is 7.74. The largest absolute Gasteiger partial charge is 0.312 e. The van der Waals surface area contributed by atoms with Gasteiger partial charge in [0, 0.05) is 12.7 Å². The number of hydrogen-bond acceptors (Lipinski definition) is 3. The van der Waals surface area contributed by atoms with Gasteiger partial charge in [0.25, 0.3) is 0 Å². The van der Waals surface area contributed by atoms with Crippen LogP contribution in [0.1, 0.15) is 30.7 Å². The maximum atomic E-state index is 6.08. The zero-order valence-corrected chi connectivity index (χ0v) is 13.6. The van der Waals surface area contributed by atoms with E-state index in [0.29, 0.717) is 5.88 Å². The van der Waals surface area contributed by atoms with Crippen molar-refractivity contribution < 1.29 is 0 Å². The number of pyridine rings is 1. The van der Waals surface area contributed by atoms with Gasteiger partial charge in [0.1, 0.15) is 11.3 Å². The van der Waals surface area contributed by atoms with Crippen LogP contribution in [0, 0.1) is 12.8 Å². The molecular formula is C16H23ClN4. The molecule has 0 unspecified atom stereocenters. The van der Waals surface area contributed by atoms with Gasteiger partial charge in [-0.15, -0.1) is 11.6 Å². The number of rotatable bonds is 4. The second-order valence-corrected chi connectivity index (χ2v) is 6.42. The van der Waals surface area contributed by atoms with Crippen molar-refractivity contribution in [2.24, 2.45) is 5.92 Å². The SMILES string of the molecule is Cc1ccnc2c1nc(CCl)n2CCC1CCN(C)CC1. The fourth-order valence-electron chi connectivity index (χ4n) is 3.18. The van der Waals surface area contributed by atoms with E-state index in [1.54, 1.807) is 0 Å². The molecule has 0 radical (unpaired) electrons. The predicted octanol–water partition coefficient (Wildman–Crippen LogP) is 3.21. The Morgan fingerprint density at radius 3 is 2.81 bits per heavy atom. The van der Waals surface area contributed by atoms with E-state index >= 15 is 0 Å². The number of likely N-dealkylation sites (tertiary alicyclic amines) is 1. The van der Waals surface area contributed by atoms with E-state index in [2.05, 4.69) is 33.4 Å². The molecule has 0 N–H and O–H groups in total. The van der Waals surface area contributed by atoms with Crippen LogP contribution in [0.4, 0.5) is 0 Å². The Balaban J connectivity index is 1.78. The van der Waals surface area contributed by atoms with Crippen LogP contribution >= 0.6 is 11.6 Å². The molecule has 5 heteroatoms. The third kappa shape index (κ3) is 3.06. The lowest BCUT2D eigenvalue weighted by Gasteiger charge is -2.29. The molecule has 1 fully saturated rings. The van der Waals surface area contributed by atoms with Gasteiger partial charge in [-0.25, -0.2) is 9.97 Å². The highest BCUT2D eigenvalue weighted by molar-refractivity contribution is 6.16. The Bertz CT molecular complexity index is 614. The minimum absolute atomic E-state index is 0.448. The maximum Gasteiger partial charge on any atom is 0.160 e. The lowest BCUT2D eigenvalue weighted by Crippen LogP contribution is -2.30. The minimum atomic E-state index is 0.448. The quantitative estimate of drug-likeness (QED) is 0.813. The molecule has 0 amide bonds. The number of aromatic nitrogens is 3. The molecule has 2 aromatic rings. The summed E-state index contributed by atoms with van der Waals surface area (Å²) in [6.45, 7) is 5.49. The van der Waals surface area contributed by atoms with Crippen molar-refractivity contribution in [3.8, 4) is 0 Å². The Labute approximate surface area is 131 Å². The number of imidazole rings is 1. The number of hydrogen-bond donors (Lipinski definition) is 0. The van der Waals surface area contributed by atoms with E-state index in [4.69, 9.17) is 11.6 Å². The first-order chi connectivity index (χ1) is 10.2. The van der Waals surface area contributed by atoms with Crippen molar-refractivity contribution >= 4 is 22.8 Å². The van der Waals surface area contributed by atoms with Gasteiger partial charge in [-0.1, -0.05) is 0 Å². The Morgan fingerprint density at radius 2 is 2.10 bits per heavy atom. The molecule has 1 saturated heterocycles. The molecule has 3 rings (SSSR count). The summed E-state index contributed by atoms with van der Waals surface area (Å²) < 4.78 is 2.22. The lowest BCUT2D eigenvalue weighted by atomic mass is 9.94. The van der Waals surface area contributed by atoms with Gasteiger partial charge < -0.3 is 9.47 Å². The predicted molar refractivity (Wildman–Crippen MR) is 86.7 cm³/mol. The highest BCUT2D eigenvalue weighted by Crippen LogP contribution is 2.23. The lowest BCUT2D eigenvalue weighted by molar-refractivity contribution is 0.208. The molecule has 0 spiro atoms. The normalized spacial score (nSPS) is 17.7. The molecule has 0 aromatic carbocycles. The highest BCUT2D eigenvalue weighted by atomic mass is 35.5. The van der Waals surface area contributed by atoms with E-state index in [9.17, 15) is 0 Å². The third-order valence-corrected chi connectivity index (χ3v) is 4.87. The number of piperidine rings is 1. The van der Waals surface area contributed by atoms with Gasteiger partial charge in [-0.2, -0.15) is 0 Å². The molecule has 21 heavy (non-hydrogen) atoms. The Morgan fingerprint density at radius 1 is 1.33 bits per heavy atom.